The third-order valence-electron chi connectivity index (χ3n) is 4.39. The molecule has 0 atom stereocenters. The highest BCUT2D eigenvalue weighted by atomic mass is 16.2. The Hall–Kier alpha value is -1.10. The van der Waals surface area contributed by atoms with E-state index in [0.717, 1.165) is 12.8 Å². The van der Waals surface area contributed by atoms with Crippen LogP contribution in [0.4, 0.5) is 0 Å². The zero-order chi connectivity index (χ0) is 15.0. The van der Waals surface area contributed by atoms with E-state index in [2.05, 4.69) is 10.6 Å². The first kappa shape index (κ1) is 17.0. The first-order valence-electron chi connectivity index (χ1n) is 7.80. The largest absolute Gasteiger partial charge is 0.347 e. The van der Waals surface area contributed by atoms with Crippen LogP contribution >= 0.6 is 0 Å². The molecule has 0 bridgehead atoms. The Kier molecular flexibility index (Phi) is 6.99. The minimum absolute atomic E-state index is 0.00879. The van der Waals surface area contributed by atoms with E-state index in [1.807, 2.05) is 20.9 Å². The fourth-order valence-corrected chi connectivity index (χ4v) is 2.98. The molecule has 1 aliphatic carbocycles. The molecule has 1 aliphatic rings. The molecule has 0 radical (unpaired) electrons. The number of hydrogen-bond donors (Lipinski definition) is 2. The van der Waals surface area contributed by atoms with Crippen LogP contribution in [0.25, 0.3) is 0 Å². The Morgan fingerprint density at radius 2 is 1.70 bits per heavy atom. The lowest BCUT2D eigenvalue weighted by molar-refractivity contribution is -0.133. The number of carbonyl (C=O) groups excluding carboxylic acids is 2. The average molecular weight is 283 g/mol. The molecule has 1 fully saturated rings. The Balaban J connectivity index is 2.40. The molecule has 5 heteroatoms. The van der Waals surface area contributed by atoms with Crippen molar-refractivity contribution >= 4 is 11.8 Å². The van der Waals surface area contributed by atoms with Crippen LogP contribution in [0.1, 0.15) is 52.4 Å². The summed E-state index contributed by atoms with van der Waals surface area (Å²) in [7, 11) is 1.93. The molecule has 0 aromatic carbocycles. The van der Waals surface area contributed by atoms with Crippen LogP contribution in [0, 0.1) is 0 Å². The second-order valence-corrected chi connectivity index (χ2v) is 5.61. The van der Waals surface area contributed by atoms with Gasteiger partial charge in [-0.15, -0.1) is 0 Å². The van der Waals surface area contributed by atoms with E-state index in [4.69, 9.17) is 0 Å². The van der Waals surface area contributed by atoms with E-state index >= 15 is 0 Å². The Labute approximate surface area is 122 Å². The summed E-state index contributed by atoms with van der Waals surface area (Å²) in [5.41, 5.74) is -0.0689. The standard InChI is InChI=1S/C15H29N3O2/c1-4-18(5-2)14(20)12-17-13(19)11-15(16-3)9-7-6-8-10-15/h16H,4-12H2,1-3H3,(H,17,19). The smallest absolute Gasteiger partial charge is 0.241 e. The van der Waals surface area contributed by atoms with E-state index in [-0.39, 0.29) is 23.9 Å². The highest BCUT2D eigenvalue weighted by Gasteiger charge is 2.32. The van der Waals surface area contributed by atoms with E-state index in [1.165, 1.54) is 19.3 Å². The molecule has 2 N–H and O–H groups in total. The maximum Gasteiger partial charge on any atom is 0.241 e. The van der Waals surface area contributed by atoms with Crippen molar-refractivity contribution in [3.05, 3.63) is 0 Å². The van der Waals surface area contributed by atoms with Crippen LogP contribution in [-0.2, 0) is 9.59 Å². The van der Waals surface area contributed by atoms with Crippen LogP contribution in [-0.4, -0.2) is 48.9 Å². The first-order chi connectivity index (χ1) is 9.56. The van der Waals surface area contributed by atoms with Crippen LogP contribution in [0.15, 0.2) is 0 Å². The molecule has 2 amide bonds. The zero-order valence-electron chi connectivity index (χ0n) is 13.1. The Morgan fingerprint density at radius 3 is 2.20 bits per heavy atom. The molecule has 20 heavy (non-hydrogen) atoms. The van der Waals surface area contributed by atoms with Crippen molar-refractivity contribution in [1.29, 1.82) is 0 Å². The summed E-state index contributed by atoms with van der Waals surface area (Å²) >= 11 is 0. The van der Waals surface area contributed by atoms with Gasteiger partial charge in [0.15, 0.2) is 0 Å². The highest BCUT2D eigenvalue weighted by molar-refractivity contribution is 5.85. The number of likely N-dealkylation sites (N-methyl/N-ethyl adjacent to an activating group) is 1. The molecule has 1 rings (SSSR count). The summed E-state index contributed by atoms with van der Waals surface area (Å²) in [4.78, 5) is 25.6. The normalized spacial score (nSPS) is 17.6. The second kappa shape index (κ2) is 8.25. The van der Waals surface area contributed by atoms with Crippen molar-refractivity contribution in [2.75, 3.05) is 26.7 Å². The molecule has 0 saturated heterocycles. The molecule has 0 aromatic heterocycles. The lowest BCUT2D eigenvalue weighted by Gasteiger charge is -2.36. The Morgan fingerprint density at radius 1 is 1.10 bits per heavy atom. The van der Waals surface area contributed by atoms with Gasteiger partial charge >= 0.3 is 0 Å². The maximum absolute atomic E-state index is 12.1. The summed E-state index contributed by atoms with van der Waals surface area (Å²) in [6.07, 6.45) is 6.15. The Bertz CT molecular complexity index is 321. The molecule has 0 unspecified atom stereocenters. The molecular weight excluding hydrogens is 254 g/mol. The highest BCUT2D eigenvalue weighted by Crippen LogP contribution is 2.30. The maximum atomic E-state index is 12.1. The van der Waals surface area contributed by atoms with Crippen LogP contribution in [0.2, 0.25) is 0 Å². The van der Waals surface area contributed by atoms with Crippen LogP contribution < -0.4 is 10.6 Å². The van der Waals surface area contributed by atoms with Gasteiger partial charge in [0.05, 0.1) is 6.54 Å². The summed E-state index contributed by atoms with van der Waals surface area (Å²) in [5, 5.41) is 6.09. The van der Waals surface area contributed by atoms with Crippen molar-refractivity contribution in [1.82, 2.24) is 15.5 Å². The topological polar surface area (TPSA) is 61.4 Å². The monoisotopic (exact) mass is 283 g/mol. The van der Waals surface area contributed by atoms with E-state index in [1.54, 1.807) is 4.90 Å². The van der Waals surface area contributed by atoms with Gasteiger partial charge in [0, 0.05) is 25.0 Å². The van der Waals surface area contributed by atoms with Crippen molar-refractivity contribution in [3.8, 4) is 0 Å². The summed E-state index contributed by atoms with van der Waals surface area (Å²) in [5.74, 6) is -0.0349. The fraction of sp³-hybridized carbons (Fsp3) is 0.867. The first-order valence-corrected chi connectivity index (χ1v) is 7.80. The molecule has 5 nitrogen and oxygen atoms in total. The molecule has 0 aromatic rings. The van der Waals surface area contributed by atoms with Gasteiger partial charge in [0.1, 0.15) is 0 Å². The minimum atomic E-state index is -0.0689. The zero-order valence-corrected chi connectivity index (χ0v) is 13.1. The van der Waals surface area contributed by atoms with Crippen LogP contribution in [0.3, 0.4) is 0 Å². The molecule has 0 spiro atoms. The van der Waals surface area contributed by atoms with Gasteiger partial charge in [-0.05, 0) is 33.7 Å². The molecule has 116 valence electrons. The number of carbonyl (C=O) groups is 2. The third-order valence-corrected chi connectivity index (χ3v) is 4.39. The van der Waals surface area contributed by atoms with Crippen LogP contribution in [0.5, 0.6) is 0 Å². The van der Waals surface area contributed by atoms with Gasteiger partial charge in [-0.1, -0.05) is 19.3 Å². The van der Waals surface area contributed by atoms with E-state index in [9.17, 15) is 9.59 Å². The number of nitrogens with one attached hydrogen (secondary N) is 2. The van der Waals surface area contributed by atoms with Crippen molar-refractivity contribution in [2.24, 2.45) is 0 Å². The number of nitrogens with zero attached hydrogens (tertiary/aromatic N) is 1. The molecule has 0 heterocycles. The quantitative estimate of drug-likeness (QED) is 0.740. The van der Waals surface area contributed by atoms with Gasteiger partial charge in [-0.25, -0.2) is 0 Å². The molecule has 1 saturated carbocycles. The van der Waals surface area contributed by atoms with E-state index < -0.39 is 0 Å². The predicted octanol–water partition coefficient (Wildman–Crippen LogP) is 1.28. The SMILES string of the molecule is CCN(CC)C(=O)CNC(=O)CC1(NC)CCCCC1. The van der Waals surface area contributed by atoms with Crippen molar-refractivity contribution in [3.63, 3.8) is 0 Å². The van der Waals surface area contributed by atoms with Gasteiger partial charge in [-0.3, -0.25) is 9.59 Å². The average Bonchev–Trinajstić information content (AvgIpc) is 2.47. The third kappa shape index (κ3) is 4.78. The molecular formula is C15H29N3O2. The number of rotatable bonds is 7. The van der Waals surface area contributed by atoms with Gasteiger partial charge in [0.25, 0.3) is 0 Å². The van der Waals surface area contributed by atoms with Crippen molar-refractivity contribution in [2.45, 2.75) is 57.9 Å². The second-order valence-electron chi connectivity index (χ2n) is 5.61. The van der Waals surface area contributed by atoms with Gasteiger partial charge < -0.3 is 15.5 Å². The lowest BCUT2D eigenvalue weighted by atomic mass is 9.79. The summed E-state index contributed by atoms with van der Waals surface area (Å²) < 4.78 is 0. The van der Waals surface area contributed by atoms with Gasteiger partial charge in [0.2, 0.25) is 11.8 Å². The van der Waals surface area contributed by atoms with Crippen molar-refractivity contribution < 1.29 is 9.59 Å². The number of hydrogen-bond acceptors (Lipinski definition) is 3. The fourth-order valence-electron chi connectivity index (χ4n) is 2.98. The van der Waals surface area contributed by atoms with E-state index in [0.29, 0.717) is 19.5 Å². The molecule has 0 aliphatic heterocycles. The summed E-state index contributed by atoms with van der Waals surface area (Å²) in [6.45, 7) is 5.38. The number of amides is 2. The minimum Gasteiger partial charge on any atom is -0.347 e. The lowest BCUT2D eigenvalue weighted by Crippen LogP contribution is -2.49. The predicted molar refractivity (Wildman–Crippen MR) is 80.4 cm³/mol. The summed E-state index contributed by atoms with van der Waals surface area (Å²) in [6, 6.07) is 0. The van der Waals surface area contributed by atoms with Gasteiger partial charge in [-0.2, -0.15) is 0 Å².